The minimum absolute atomic E-state index is 0.0239. The van der Waals surface area contributed by atoms with Crippen LogP contribution in [-0.2, 0) is 19.8 Å². The highest BCUT2D eigenvalue weighted by Gasteiger charge is 2.34. The summed E-state index contributed by atoms with van der Waals surface area (Å²) in [6.45, 7) is 3.10. The first kappa shape index (κ1) is 16.1. The number of hydrogen-bond acceptors (Lipinski definition) is 6. The molecule has 0 N–H and O–H groups in total. The molecule has 0 bridgehead atoms. The van der Waals surface area contributed by atoms with E-state index in [1.807, 2.05) is 6.07 Å². The van der Waals surface area contributed by atoms with Crippen LogP contribution in [0.15, 0.2) is 18.3 Å². The number of rotatable bonds is 4. The van der Waals surface area contributed by atoms with Crippen molar-refractivity contribution in [2.24, 2.45) is 5.92 Å². The fourth-order valence-corrected chi connectivity index (χ4v) is 3.73. The molecule has 0 aliphatic carbocycles. The maximum Gasteiger partial charge on any atom is 0.302 e. The number of amides is 1. The predicted octanol–water partition coefficient (Wildman–Crippen LogP) is 0.570. The van der Waals surface area contributed by atoms with Crippen LogP contribution in [0.1, 0.15) is 6.42 Å². The van der Waals surface area contributed by atoms with Crippen LogP contribution in [0.2, 0.25) is 0 Å². The third kappa shape index (κ3) is 3.97. The molecule has 126 valence electrons. The van der Waals surface area contributed by atoms with Crippen LogP contribution in [0.25, 0.3) is 0 Å². The highest BCUT2D eigenvalue weighted by Crippen LogP contribution is 2.26. The van der Waals surface area contributed by atoms with Gasteiger partial charge in [-0.3, -0.25) is 9.69 Å². The third-order valence-electron chi connectivity index (χ3n) is 4.02. The van der Waals surface area contributed by atoms with Gasteiger partial charge >= 0.3 is 10.2 Å². The van der Waals surface area contributed by atoms with Crippen molar-refractivity contribution in [3.63, 3.8) is 0 Å². The van der Waals surface area contributed by atoms with Gasteiger partial charge in [-0.15, -0.1) is 3.89 Å². The second-order valence-corrected chi connectivity index (χ2v) is 7.17. The molecule has 1 aromatic rings. The molecular weight excluding hydrogens is 325 g/mol. The van der Waals surface area contributed by atoms with E-state index in [9.17, 15) is 17.1 Å². The molecule has 3 rings (SSSR count). The first-order chi connectivity index (χ1) is 10.9. The van der Waals surface area contributed by atoms with E-state index >= 15 is 0 Å². The number of morpholine rings is 1. The van der Waals surface area contributed by atoms with Crippen molar-refractivity contribution >= 4 is 27.6 Å². The van der Waals surface area contributed by atoms with Crippen molar-refractivity contribution in [3.05, 3.63) is 18.3 Å². The Labute approximate surface area is 134 Å². The van der Waals surface area contributed by atoms with Crippen LogP contribution in [-0.4, -0.2) is 57.9 Å². The van der Waals surface area contributed by atoms with Crippen molar-refractivity contribution in [2.75, 3.05) is 48.4 Å². The largest absolute Gasteiger partial charge is 0.378 e. The van der Waals surface area contributed by atoms with E-state index in [4.69, 9.17) is 4.74 Å². The summed E-state index contributed by atoms with van der Waals surface area (Å²) in [5.74, 6) is -0.921. The summed E-state index contributed by atoms with van der Waals surface area (Å²) in [6, 6.07) is 3.61. The number of nitrogens with zero attached hydrogens (tertiary/aromatic N) is 3. The first-order valence-corrected chi connectivity index (χ1v) is 8.99. The second-order valence-electron chi connectivity index (χ2n) is 5.75. The van der Waals surface area contributed by atoms with E-state index < -0.39 is 21.9 Å². The summed E-state index contributed by atoms with van der Waals surface area (Å²) >= 11 is 0. The van der Waals surface area contributed by atoms with Crippen LogP contribution in [0, 0.1) is 5.92 Å². The lowest BCUT2D eigenvalue weighted by molar-refractivity contribution is -0.117. The Bertz CT molecular complexity index is 674. The average molecular weight is 343 g/mol. The molecule has 1 unspecified atom stereocenters. The first-order valence-electron chi connectivity index (χ1n) is 7.44. The van der Waals surface area contributed by atoms with Crippen molar-refractivity contribution in [1.29, 1.82) is 0 Å². The van der Waals surface area contributed by atoms with E-state index in [1.54, 1.807) is 12.3 Å². The Morgan fingerprint density at radius 3 is 2.65 bits per heavy atom. The molecule has 2 saturated heterocycles. The van der Waals surface area contributed by atoms with Crippen molar-refractivity contribution in [1.82, 2.24) is 4.98 Å². The fourth-order valence-electron chi connectivity index (χ4n) is 2.94. The van der Waals surface area contributed by atoms with Crippen LogP contribution in [0.5, 0.6) is 0 Å². The monoisotopic (exact) mass is 343 g/mol. The van der Waals surface area contributed by atoms with Crippen molar-refractivity contribution in [3.8, 4) is 0 Å². The number of anilines is 2. The summed E-state index contributed by atoms with van der Waals surface area (Å²) < 4.78 is 39.5. The standard InChI is InChI=1S/C14H18FN3O4S/c15-23(20,21)10-11-7-14(19)18(9-11)13-2-1-12(8-16-13)17-3-5-22-6-4-17/h1-2,8,11H,3-7,9-10H2. The molecule has 1 aromatic heterocycles. The summed E-state index contributed by atoms with van der Waals surface area (Å²) in [6.07, 6.45) is 1.71. The van der Waals surface area contributed by atoms with Crippen LogP contribution >= 0.6 is 0 Å². The van der Waals surface area contributed by atoms with Gasteiger partial charge in [0.05, 0.1) is 30.9 Å². The zero-order valence-corrected chi connectivity index (χ0v) is 13.3. The number of carbonyl (C=O) groups excluding carboxylic acids is 1. The average Bonchev–Trinajstić information content (AvgIpc) is 2.87. The summed E-state index contributed by atoms with van der Waals surface area (Å²) in [5.41, 5.74) is 0.951. The summed E-state index contributed by atoms with van der Waals surface area (Å²) in [7, 11) is -4.58. The summed E-state index contributed by atoms with van der Waals surface area (Å²) in [4.78, 5) is 19.9. The normalized spacial score (nSPS) is 22.7. The SMILES string of the molecule is O=C1CC(CS(=O)(=O)F)CN1c1ccc(N2CCOCC2)cn1. The molecule has 7 nitrogen and oxygen atoms in total. The smallest absolute Gasteiger partial charge is 0.302 e. The van der Waals surface area contributed by atoms with E-state index in [2.05, 4.69) is 9.88 Å². The molecule has 2 aliphatic heterocycles. The molecule has 0 spiro atoms. The topological polar surface area (TPSA) is 79.8 Å². The second kappa shape index (κ2) is 6.40. The van der Waals surface area contributed by atoms with E-state index in [1.165, 1.54) is 4.90 Å². The molecule has 1 atom stereocenters. The van der Waals surface area contributed by atoms with Crippen LogP contribution in [0.3, 0.4) is 0 Å². The minimum Gasteiger partial charge on any atom is -0.378 e. The zero-order chi connectivity index (χ0) is 16.4. The highest BCUT2D eigenvalue weighted by atomic mass is 32.3. The van der Waals surface area contributed by atoms with E-state index in [0.717, 1.165) is 18.8 Å². The van der Waals surface area contributed by atoms with Crippen molar-refractivity contribution < 1.29 is 21.8 Å². The Hall–Kier alpha value is -1.74. The van der Waals surface area contributed by atoms with Gasteiger partial charge in [-0.2, -0.15) is 8.42 Å². The van der Waals surface area contributed by atoms with E-state index in [0.29, 0.717) is 19.0 Å². The van der Waals surface area contributed by atoms with Crippen LogP contribution < -0.4 is 9.80 Å². The lowest BCUT2D eigenvalue weighted by Crippen LogP contribution is -2.36. The number of hydrogen-bond donors (Lipinski definition) is 0. The van der Waals surface area contributed by atoms with Gasteiger partial charge in [-0.05, 0) is 12.1 Å². The number of ether oxygens (including phenoxy) is 1. The Kier molecular flexibility index (Phi) is 4.49. The molecule has 2 fully saturated rings. The Balaban J connectivity index is 1.68. The van der Waals surface area contributed by atoms with Crippen LogP contribution in [0.4, 0.5) is 15.4 Å². The zero-order valence-electron chi connectivity index (χ0n) is 12.5. The molecule has 0 aromatic carbocycles. The minimum atomic E-state index is -4.58. The molecule has 9 heteroatoms. The third-order valence-corrected chi connectivity index (χ3v) is 4.89. The Morgan fingerprint density at radius 1 is 1.30 bits per heavy atom. The molecule has 2 aliphatic rings. The lowest BCUT2D eigenvalue weighted by Gasteiger charge is -2.28. The van der Waals surface area contributed by atoms with Gasteiger partial charge in [0.2, 0.25) is 5.91 Å². The molecular formula is C14H18FN3O4S. The van der Waals surface area contributed by atoms with Gasteiger partial charge in [-0.25, -0.2) is 4.98 Å². The summed E-state index contributed by atoms with van der Waals surface area (Å²) in [5, 5.41) is 0. The van der Waals surface area contributed by atoms with Gasteiger partial charge in [-0.1, -0.05) is 0 Å². The van der Waals surface area contributed by atoms with Gasteiger partial charge in [0.15, 0.2) is 0 Å². The lowest BCUT2D eigenvalue weighted by atomic mass is 10.1. The fraction of sp³-hybridized carbons (Fsp3) is 0.571. The number of halogens is 1. The van der Waals surface area contributed by atoms with Crippen molar-refractivity contribution in [2.45, 2.75) is 6.42 Å². The molecule has 0 radical (unpaired) electrons. The Morgan fingerprint density at radius 2 is 2.04 bits per heavy atom. The van der Waals surface area contributed by atoms with Gasteiger partial charge in [0.25, 0.3) is 0 Å². The van der Waals surface area contributed by atoms with Gasteiger partial charge in [0.1, 0.15) is 5.82 Å². The maximum absolute atomic E-state index is 12.8. The quantitative estimate of drug-likeness (QED) is 0.744. The van der Waals surface area contributed by atoms with Gasteiger partial charge in [0, 0.05) is 32.0 Å². The molecule has 3 heterocycles. The number of carbonyl (C=O) groups is 1. The molecule has 23 heavy (non-hydrogen) atoms. The molecule has 1 amide bonds. The maximum atomic E-state index is 12.8. The number of aromatic nitrogens is 1. The van der Waals surface area contributed by atoms with Gasteiger partial charge < -0.3 is 9.64 Å². The molecule has 0 saturated carbocycles. The van der Waals surface area contributed by atoms with E-state index in [-0.39, 0.29) is 18.9 Å². The highest BCUT2D eigenvalue weighted by molar-refractivity contribution is 7.86. The number of pyridine rings is 1. The predicted molar refractivity (Wildman–Crippen MR) is 82.6 cm³/mol.